The summed E-state index contributed by atoms with van der Waals surface area (Å²) in [6, 6.07) is 3.75. The van der Waals surface area contributed by atoms with E-state index in [4.69, 9.17) is 0 Å². The van der Waals surface area contributed by atoms with Crippen LogP contribution in [0.5, 0.6) is 0 Å². The van der Waals surface area contributed by atoms with Crippen LogP contribution in [-0.2, 0) is 6.54 Å². The van der Waals surface area contributed by atoms with E-state index in [2.05, 4.69) is 24.1 Å². The molecule has 0 aliphatic carbocycles. The number of pyridine rings is 1. The van der Waals surface area contributed by atoms with Gasteiger partial charge in [0, 0.05) is 38.9 Å². The Labute approximate surface area is 144 Å². The van der Waals surface area contributed by atoms with E-state index in [9.17, 15) is 9.90 Å². The lowest BCUT2D eigenvalue weighted by Gasteiger charge is -2.38. The molecule has 2 rings (SSSR count). The number of nitrogens with zero attached hydrogens (tertiary/aromatic N) is 3. The van der Waals surface area contributed by atoms with Crippen molar-refractivity contribution in [1.82, 2.24) is 15.2 Å². The molecule has 0 unspecified atom stereocenters. The molecule has 0 aromatic carbocycles. The first-order valence-corrected chi connectivity index (χ1v) is 8.67. The van der Waals surface area contributed by atoms with Gasteiger partial charge in [-0.05, 0) is 31.2 Å². The van der Waals surface area contributed by atoms with Gasteiger partial charge < -0.3 is 20.2 Å². The molecule has 2 amide bonds. The highest BCUT2D eigenvalue weighted by Crippen LogP contribution is 2.34. The standard InChI is InChI=1S/C18H30N4O2/c1-14(2)11-18(13-23)8-6-10-22(18)17(24)20-12-15-7-5-9-19-16(15)21(3)4/h5,7,9,14,23H,6,8,10-13H2,1-4H3,(H,20,24)/t18-/m1/s1. The number of hydrogen-bond acceptors (Lipinski definition) is 4. The van der Waals surface area contributed by atoms with Gasteiger partial charge in [-0.3, -0.25) is 0 Å². The summed E-state index contributed by atoms with van der Waals surface area (Å²) in [5.74, 6) is 1.29. The van der Waals surface area contributed by atoms with Gasteiger partial charge in [0.1, 0.15) is 5.82 Å². The van der Waals surface area contributed by atoms with Crippen molar-refractivity contribution in [1.29, 1.82) is 0 Å². The van der Waals surface area contributed by atoms with Gasteiger partial charge >= 0.3 is 6.03 Å². The zero-order chi connectivity index (χ0) is 17.7. The number of likely N-dealkylation sites (tertiary alicyclic amines) is 1. The quantitative estimate of drug-likeness (QED) is 0.837. The highest BCUT2D eigenvalue weighted by Gasteiger charge is 2.43. The Balaban J connectivity index is 2.07. The van der Waals surface area contributed by atoms with Gasteiger partial charge in [-0.2, -0.15) is 0 Å². The van der Waals surface area contributed by atoms with E-state index in [1.54, 1.807) is 6.20 Å². The normalized spacial score (nSPS) is 20.5. The Morgan fingerprint density at radius 2 is 2.25 bits per heavy atom. The average molecular weight is 334 g/mol. The van der Waals surface area contributed by atoms with Crippen LogP contribution >= 0.6 is 0 Å². The van der Waals surface area contributed by atoms with Crippen LogP contribution in [0.4, 0.5) is 10.6 Å². The topological polar surface area (TPSA) is 68.7 Å². The Morgan fingerprint density at radius 1 is 1.50 bits per heavy atom. The van der Waals surface area contributed by atoms with Crippen LogP contribution < -0.4 is 10.2 Å². The predicted octanol–water partition coefficient (Wildman–Crippen LogP) is 2.23. The summed E-state index contributed by atoms with van der Waals surface area (Å²) in [4.78, 5) is 20.9. The number of hydrogen-bond donors (Lipinski definition) is 2. The lowest BCUT2D eigenvalue weighted by atomic mass is 9.87. The molecule has 0 bridgehead atoms. The third-order valence-electron chi connectivity index (χ3n) is 4.65. The molecule has 1 aromatic rings. The van der Waals surface area contributed by atoms with Crippen LogP contribution in [0.3, 0.4) is 0 Å². The lowest BCUT2D eigenvalue weighted by Crippen LogP contribution is -2.54. The van der Waals surface area contributed by atoms with Gasteiger partial charge in [0.2, 0.25) is 0 Å². The van der Waals surface area contributed by atoms with Crippen molar-refractivity contribution in [3.05, 3.63) is 23.9 Å². The lowest BCUT2D eigenvalue weighted by molar-refractivity contribution is 0.0675. The molecule has 6 heteroatoms. The number of urea groups is 1. The van der Waals surface area contributed by atoms with Gasteiger partial charge in [0.05, 0.1) is 12.1 Å². The fourth-order valence-corrected chi connectivity index (χ4v) is 3.69. The Kier molecular flexibility index (Phi) is 6.04. The Bertz CT molecular complexity index is 562. The van der Waals surface area contributed by atoms with Crippen LogP contribution in [0.1, 0.15) is 38.7 Å². The van der Waals surface area contributed by atoms with Crippen molar-refractivity contribution in [2.24, 2.45) is 5.92 Å². The highest BCUT2D eigenvalue weighted by atomic mass is 16.3. The molecule has 1 atom stereocenters. The van der Waals surface area contributed by atoms with E-state index in [-0.39, 0.29) is 12.6 Å². The van der Waals surface area contributed by atoms with Crippen molar-refractivity contribution in [3.63, 3.8) is 0 Å². The Hall–Kier alpha value is -1.82. The number of aliphatic hydroxyl groups is 1. The number of carbonyl (C=O) groups is 1. The molecule has 0 saturated carbocycles. The van der Waals surface area contributed by atoms with Crippen LogP contribution in [0, 0.1) is 5.92 Å². The molecule has 1 fully saturated rings. The summed E-state index contributed by atoms with van der Waals surface area (Å²) in [5.41, 5.74) is 0.561. The Morgan fingerprint density at radius 3 is 2.88 bits per heavy atom. The van der Waals surface area contributed by atoms with Gasteiger partial charge in [0.15, 0.2) is 0 Å². The fraction of sp³-hybridized carbons (Fsp3) is 0.667. The van der Waals surface area contributed by atoms with Gasteiger partial charge in [0.25, 0.3) is 0 Å². The molecule has 1 aliphatic rings. The maximum atomic E-state index is 12.7. The molecule has 1 aromatic heterocycles. The second-order valence-electron chi connectivity index (χ2n) is 7.27. The third kappa shape index (κ3) is 3.98. The molecule has 1 aliphatic heterocycles. The van der Waals surface area contributed by atoms with E-state index in [1.165, 1.54) is 0 Å². The number of anilines is 1. The van der Waals surface area contributed by atoms with Crippen LogP contribution in [0.2, 0.25) is 0 Å². The monoisotopic (exact) mass is 334 g/mol. The van der Waals surface area contributed by atoms with Crippen molar-refractivity contribution >= 4 is 11.8 Å². The molecular formula is C18H30N4O2. The highest BCUT2D eigenvalue weighted by molar-refractivity contribution is 5.75. The van der Waals surface area contributed by atoms with E-state index >= 15 is 0 Å². The number of carbonyl (C=O) groups excluding carboxylic acids is 1. The minimum atomic E-state index is -0.419. The number of aromatic nitrogens is 1. The average Bonchev–Trinajstić information content (AvgIpc) is 2.96. The minimum absolute atomic E-state index is 0.0223. The fourth-order valence-electron chi connectivity index (χ4n) is 3.69. The molecule has 0 spiro atoms. The predicted molar refractivity (Wildman–Crippen MR) is 96.0 cm³/mol. The maximum absolute atomic E-state index is 12.7. The summed E-state index contributed by atoms with van der Waals surface area (Å²) < 4.78 is 0. The minimum Gasteiger partial charge on any atom is -0.394 e. The van der Waals surface area contributed by atoms with Crippen LogP contribution in [0.15, 0.2) is 18.3 Å². The van der Waals surface area contributed by atoms with Crippen molar-refractivity contribution in [2.75, 3.05) is 32.1 Å². The molecular weight excluding hydrogens is 304 g/mol. The number of amides is 2. The third-order valence-corrected chi connectivity index (χ3v) is 4.65. The molecule has 1 saturated heterocycles. The van der Waals surface area contributed by atoms with Gasteiger partial charge in [-0.1, -0.05) is 19.9 Å². The maximum Gasteiger partial charge on any atom is 0.318 e. The van der Waals surface area contributed by atoms with E-state index in [0.717, 1.165) is 30.6 Å². The second-order valence-corrected chi connectivity index (χ2v) is 7.27. The van der Waals surface area contributed by atoms with Crippen molar-refractivity contribution in [3.8, 4) is 0 Å². The van der Waals surface area contributed by atoms with E-state index in [1.807, 2.05) is 36.0 Å². The second kappa shape index (κ2) is 7.83. The molecule has 2 N–H and O–H groups in total. The zero-order valence-electron chi connectivity index (χ0n) is 15.2. The molecule has 6 nitrogen and oxygen atoms in total. The summed E-state index contributed by atoms with van der Waals surface area (Å²) in [6.07, 6.45) is 4.38. The van der Waals surface area contributed by atoms with Gasteiger partial charge in [-0.15, -0.1) is 0 Å². The van der Waals surface area contributed by atoms with Crippen LogP contribution in [-0.4, -0.2) is 53.8 Å². The molecule has 2 heterocycles. The largest absolute Gasteiger partial charge is 0.394 e. The molecule has 0 radical (unpaired) electrons. The van der Waals surface area contributed by atoms with E-state index in [0.29, 0.717) is 19.0 Å². The SMILES string of the molecule is CC(C)C[C@@]1(CO)CCCN1C(=O)NCc1cccnc1N(C)C. The summed E-state index contributed by atoms with van der Waals surface area (Å²) in [5, 5.41) is 13.0. The number of rotatable bonds is 6. The van der Waals surface area contributed by atoms with E-state index < -0.39 is 5.54 Å². The number of aliphatic hydroxyl groups excluding tert-OH is 1. The van der Waals surface area contributed by atoms with Crippen molar-refractivity contribution < 1.29 is 9.90 Å². The summed E-state index contributed by atoms with van der Waals surface area (Å²) in [6.45, 7) is 5.41. The summed E-state index contributed by atoms with van der Waals surface area (Å²) >= 11 is 0. The number of nitrogens with one attached hydrogen (secondary N) is 1. The smallest absolute Gasteiger partial charge is 0.318 e. The molecule has 134 valence electrons. The van der Waals surface area contributed by atoms with Crippen LogP contribution in [0.25, 0.3) is 0 Å². The first-order chi connectivity index (χ1) is 11.4. The van der Waals surface area contributed by atoms with Gasteiger partial charge in [-0.25, -0.2) is 9.78 Å². The first-order valence-electron chi connectivity index (χ1n) is 8.67. The van der Waals surface area contributed by atoms with Crippen molar-refractivity contribution in [2.45, 2.75) is 45.2 Å². The zero-order valence-corrected chi connectivity index (χ0v) is 15.2. The molecule has 24 heavy (non-hydrogen) atoms. The summed E-state index contributed by atoms with van der Waals surface area (Å²) in [7, 11) is 3.88. The first kappa shape index (κ1) is 18.5.